The van der Waals surface area contributed by atoms with Gasteiger partial charge in [0.2, 0.25) is 0 Å². The molecular formula is C15H21Cl2NO. The van der Waals surface area contributed by atoms with Crippen molar-refractivity contribution in [2.45, 2.75) is 26.2 Å². The Morgan fingerprint density at radius 3 is 2.68 bits per heavy atom. The van der Waals surface area contributed by atoms with Gasteiger partial charge >= 0.3 is 0 Å². The Morgan fingerprint density at radius 1 is 1.26 bits per heavy atom. The zero-order chi connectivity index (χ0) is 13.7. The molecule has 0 unspecified atom stereocenters. The SMILES string of the molecule is CC1CCN(CCCOc2ccc(Cl)cc2Cl)CC1. The second-order valence-electron chi connectivity index (χ2n) is 5.30. The summed E-state index contributed by atoms with van der Waals surface area (Å²) in [5.74, 6) is 1.61. The predicted octanol–water partition coefficient (Wildman–Crippen LogP) is 4.49. The van der Waals surface area contributed by atoms with Crippen LogP contribution in [0.3, 0.4) is 0 Å². The molecule has 0 aromatic heterocycles. The Hall–Kier alpha value is -0.440. The molecule has 1 aromatic carbocycles. The predicted molar refractivity (Wildman–Crippen MR) is 81.4 cm³/mol. The summed E-state index contributed by atoms with van der Waals surface area (Å²) in [5, 5.41) is 1.22. The van der Waals surface area contributed by atoms with E-state index in [2.05, 4.69) is 11.8 Å². The van der Waals surface area contributed by atoms with E-state index in [0.29, 0.717) is 16.7 Å². The fourth-order valence-electron chi connectivity index (χ4n) is 2.35. The Morgan fingerprint density at radius 2 is 2.00 bits per heavy atom. The summed E-state index contributed by atoms with van der Waals surface area (Å²) in [6.45, 7) is 6.60. The Labute approximate surface area is 125 Å². The van der Waals surface area contributed by atoms with Crippen LogP contribution in [0.4, 0.5) is 0 Å². The van der Waals surface area contributed by atoms with Gasteiger partial charge in [-0.3, -0.25) is 0 Å². The summed E-state index contributed by atoms with van der Waals surface area (Å²) >= 11 is 11.9. The standard InChI is InChI=1S/C15H21Cl2NO/c1-12-5-8-18(9-6-12)7-2-10-19-15-4-3-13(16)11-14(15)17/h3-4,11-12H,2,5-10H2,1H3. The van der Waals surface area contributed by atoms with Gasteiger partial charge in [0.1, 0.15) is 5.75 Å². The zero-order valence-corrected chi connectivity index (χ0v) is 12.9. The Balaban J connectivity index is 1.66. The fraction of sp³-hybridized carbons (Fsp3) is 0.600. The molecule has 1 aromatic rings. The van der Waals surface area contributed by atoms with Crippen LogP contribution in [0, 0.1) is 5.92 Å². The molecule has 1 aliphatic rings. The van der Waals surface area contributed by atoms with Crippen molar-refractivity contribution >= 4 is 23.2 Å². The highest BCUT2D eigenvalue weighted by molar-refractivity contribution is 6.35. The Bertz CT molecular complexity index is 403. The highest BCUT2D eigenvalue weighted by Crippen LogP contribution is 2.27. The van der Waals surface area contributed by atoms with E-state index < -0.39 is 0 Å². The number of hydrogen-bond donors (Lipinski definition) is 0. The van der Waals surface area contributed by atoms with Crippen LogP contribution < -0.4 is 4.74 Å². The highest BCUT2D eigenvalue weighted by atomic mass is 35.5. The van der Waals surface area contributed by atoms with Crippen LogP contribution in [0.25, 0.3) is 0 Å². The smallest absolute Gasteiger partial charge is 0.137 e. The molecule has 0 saturated carbocycles. The van der Waals surface area contributed by atoms with Gasteiger partial charge < -0.3 is 9.64 Å². The lowest BCUT2D eigenvalue weighted by Gasteiger charge is -2.30. The van der Waals surface area contributed by atoms with E-state index in [1.807, 2.05) is 6.07 Å². The minimum Gasteiger partial charge on any atom is -0.492 e. The fourth-order valence-corrected chi connectivity index (χ4v) is 2.81. The topological polar surface area (TPSA) is 12.5 Å². The molecule has 1 fully saturated rings. The normalized spacial score (nSPS) is 17.6. The second kappa shape index (κ2) is 7.37. The van der Waals surface area contributed by atoms with E-state index in [-0.39, 0.29) is 0 Å². The first-order valence-corrected chi connectivity index (χ1v) is 7.71. The summed E-state index contributed by atoms with van der Waals surface area (Å²) in [6, 6.07) is 5.34. The molecule has 2 rings (SSSR count). The lowest BCUT2D eigenvalue weighted by Crippen LogP contribution is -2.34. The van der Waals surface area contributed by atoms with Crippen molar-refractivity contribution in [2.24, 2.45) is 5.92 Å². The van der Waals surface area contributed by atoms with Gasteiger partial charge in [0.15, 0.2) is 0 Å². The van der Waals surface area contributed by atoms with Crippen LogP contribution in [0.2, 0.25) is 10.0 Å². The van der Waals surface area contributed by atoms with Crippen molar-refractivity contribution < 1.29 is 4.74 Å². The molecule has 2 nitrogen and oxygen atoms in total. The molecule has 0 spiro atoms. The number of piperidine rings is 1. The molecule has 1 heterocycles. The highest BCUT2D eigenvalue weighted by Gasteiger charge is 2.14. The molecule has 106 valence electrons. The number of ether oxygens (including phenoxy) is 1. The van der Waals surface area contributed by atoms with Gasteiger partial charge in [0.05, 0.1) is 11.6 Å². The average molecular weight is 302 g/mol. The third-order valence-electron chi connectivity index (χ3n) is 3.65. The first-order chi connectivity index (χ1) is 9.15. The molecule has 0 aliphatic carbocycles. The van der Waals surface area contributed by atoms with Gasteiger partial charge in [0.25, 0.3) is 0 Å². The Kier molecular flexibility index (Phi) is 5.80. The molecule has 1 saturated heterocycles. The van der Waals surface area contributed by atoms with E-state index in [9.17, 15) is 0 Å². The molecular weight excluding hydrogens is 281 g/mol. The van der Waals surface area contributed by atoms with E-state index >= 15 is 0 Å². The summed E-state index contributed by atoms with van der Waals surface area (Å²) in [7, 11) is 0. The third-order valence-corrected chi connectivity index (χ3v) is 4.18. The molecule has 0 N–H and O–H groups in total. The van der Waals surface area contributed by atoms with Gasteiger partial charge in [-0.1, -0.05) is 30.1 Å². The number of nitrogens with zero attached hydrogens (tertiary/aromatic N) is 1. The van der Waals surface area contributed by atoms with Crippen LogP contribution in [0.15, 0.2) is 18.2 Å². The number of likely N-dealkylation sites (tertiary alicyclic amines) is 1. The van der Waals surface area contributed by atoms with E-state index in [1.54, 1.807) is 12.1 Å². The molecule has 19 heavy (non-hydrogen) atoms. The number of hydrogen-bond acceptors (Lipinski definition) is 2. The number of benzene rings is 1. The van der Waals surface area contributed by atoms with Crippen molar-refractivity contribution in [1.29, 1.82) is 0 Å². The zero-order valence-electron chi connectivity index (χ0n) is 11.4. The van der Waals surface area contributed by atoms with E-state index in [0.717, 1.165) is 24.6 Å². The summed E-state index contributed by atoms with van der Waals surface area (Å²) in [4.78, 5) is 2.52. The number of halogens is 2. The van der Waals surface area contributed by atoms with Gasteiger partial charge in [-0.05, 0) is 56.5 Å². The van der Waals surface area contributed by atoms with Crippen molar-refractivity contribution in [1.82, 2.24) is 4.90 Å². The molecule has 4 heteroatoms. The molecule has 0 bridgehead atoms. The maximum Gasteiger partial charge on any atom is 0.137 e. The average Bonchev–Trinajstić information content (AvgIpc) is 2.39. The quantitative estimate of drug-likeness (QED) is 0.743. The monoisotopic (exact) mass is 301 g/mol. The summed E-state index contributed by atoms with van der Waals surface area (Å²) in [5.41, 5.74) is 0. The van der Waals surface area contributed by atoms with Crippen molar-refractivity contribution in [2.75, 3.05) is 26.2 Å². The lowest BCUT2D eigenvalue weighted by atomic mass is 9.99. The first-order valence-electron chi connectivity index (χ1n) is 6.95. The maximum absolute atomic E-state index is 6.05. The number of rotatable bonds is 5. The van der Waals surface area contributed by atoms with Gasteiger partial charge in [-0.25, -0.2) is 0 Å². The first kappa shape index (κ1) is 15.0. The summed E-state index contributed by atoms with van der Waals surface area (Å²) < 4.78 is 5.69. The van der Waals surface area contributed by atoms with Crippen LogP contribution in [-0.4, -0.2) is 31.1 Å². The largest absolute Gasteiger partial charge is 0.492 e. The van der Waals surface area contributed by atoms with Crippen LogP contribution >= 0.6 is 23.2 Å². The lowest BCUT2D eigenvalue weighted by molar-refractivity contribution is 0.177. The van der Waals surface area contributed by atoms with Crippen LogP contribution in [0.1, 0.15) is 26.2 Å². The van der Waals surface area contributed by atoms with Crippen molar-refractivity contribution in [3.8, 4) is 5.75 Å². The van der Waals surface area contributed by atoms with Crippen molar-refractivity contribution in [3.63, 3.8) is 0 Å². The van der Waals surface area contributed by atoms with Crippen LogP contribution in [-0.2, 0) is 0 Å². The van der Waals surface area contributed by atoms with Gasteiger partial charge in [0, 0.05) is 11.6 Å². The van der Waals surface area contributed by atoms with Crippen molar-refractivity contribution in [3.05, 3.63) is 28.2 Å². The molecule has 1 aliphatic heterocycles. The maximum atomic E-state index is 6.05. The summed E-state index contributed by atoms with van der Waals surface area (Å²) in [6.07, 6.45) is 3.68. The molecule has 0 atom stereocenters. The minimum atomic E-state index is 0.583. The molecule has 0 radical (unpaired) electrons. The third kappa shape index (κ3) is 4.87. The molecule has 0 amide bonds. The van der Waals surface area contributed by atoms with E-state index in [1.165, 1.54) is 25.9 Å². The second-order valence-corrected chi connectivity index (χ2v) is 6.14. The minimum absolute atomic E-state index is 0.583. The van der Waals surface area contributed by atoms with E-state index in [4.69, 9.17) is 27.9 Å². The van der Waals surface area contributed by atoms with Gasteiger partial charge in [-0.15, -0.1) is 0 Å². The van der Waals surface area contributed by atoms with Gasteiger partial charge in [-0.2, -0.15) is 0 Å². The van der Waals surface area contributed by atoms with Crippen LogP contribution in [0.5, 0.6) is 5.75 Å².